The summed E-state index contributed by atoms with van der Waals surface area (Å²) >= 11 is 1.87. The van der Waals surface area contributed by atoms with E-state index >= 15 is 0 Å². The monoisotopic (exact) mass is 426 g/mol. The normalized spacial score (nSPS) is 20.9. The van der Waals surface area contributed by atoms with E-state index in [9.17, 15) is 18.0 Å². The van der Waals surface area contributed by atoms with E-state index in [0.29, 0.717) is 12.2 Å². The number of carbonyl (C=O) groups excluding carboxylic acids is 2. The van der Waals surface area contributed by atoms with Crippen LogP contribution in [0.15, 0.2) is 29.2 Å². The molecule has 1 aromatic carbocycles. The van der Waals surface area contributed by atoms with E-state index in [0.717, 1.165) is 44.0 Å². The van der Waals surface area contributed by atoms with Crippen molar-refractivity contribution in [1.82, 2.24) is 9.80 Å². The van der Waals surface area contributed by atoms with E-state index in [1.54, 1.807) is 6.07 Å². The van der Waals surface area contributed by atoms with Crippen molar-refractivity contribution >= 4 is 39.3 Å². The van der Waals surface area contributed by atoms with Gasteiger partial charge in [0.25, 0.3) is 0 Å². The first-order valence-corrected chi connectivity index (χ1v) is 12.1. The van der Waals surface area contributed by atoms with Gasteiger partial charge in [-0.3, -0.25) is 14.5 Å². The maximum absolute atomic E-state index is 12.8. The van der Waals surface area contributed by atoms with Gasteiger partial charge in [0.15, 0.2) is 0 Å². The zero-order valence-electron chi connectivity index (χ0n) is 15.7. The third-order valence-corrected chi connectivity index (χ3v) is 6.90. The molecule has 0 aliphatic carbocycles. The lowest BCUT2D eigenvalue weighted by Gasteiger charge is -2.32. The molecule has 3 N–H and O–H groups in total. The number of hydrogen-bond donors (Lipinski definition) is 2. The second kappa shape index (κ2) is 9.25. The van der Waals surface area contributed by atoms with E-state index in [1.165, 1.54) is 18.2 Å². The SMILES string of the molecule is NS(=O)(=O)c1cccc(NC(=O)CCN2CCCC2C(=O)N2CCSCC2)c1. The summed E-state index contributed by atoms with van der Waals surface area (Å²) in [6.45, 7) is 2.91. The summed E-state index contributed by atoms with van der Waals surface area (Å²) in [5, 5.41) is 7.82. The first kappa shape index (κ1) is 21.1. The van der Waals surface area contributed by atoms with Crippen LogP contribution in [0.5, 0.6) is 0 Å². The highest BCUT2D eigenvalue weighted by molar-refractivity contribution is 7.99. The van der Waals surface area contributed by atoms with Gasteiger partial charge < -0.3 is 10.2 Å². The summed E-state index contributed by atoms with van der Waals surface area (Å²) in [7, 11) is -3.82. The van der Waals surface area contributed by atoms with Crippen LogP contribution in [0.1, 0.15) is 19.3 Å². The summed E-state index contributed by atoms with van der Waals surface area (Å²) in [4.78, 5) is 29.1. The number of anilines is 1. The summed E-state index contributed by atoms with van der Waals surface area (Å²) < 4.78 is 22.8. The van der Waals surface area contributed by atoms with Crippen molar-refractivity contribution in [2.75, 3.05) is 43.0 Å². The quantitative estimate of drug-likeness (QED) is 0.692. The number of nitrogens with two attached hydrogens (primary N) is 1. The Morgan fingerprint density at radius 3 is 2.68 bits per heavy atom. The molecule has 1 aromatic rings. The molecule has 0 saturated carbocycles. The average Bonchev–Trinajstić information content (AvgIpc) is 3.14. The molecular weight excluding hydrogens is 400 g/mol. The minimum absolute atomic E-state index is 0.0461. The lowest BCUT2D eigenvalue weighted by Crippen LogP contribution is -2.48. The van der Waals surface area contributed by atoms with Crippen molar-refractivity contribution in [2.45, 2.75) is 30.2 Å². The summed E-state index contributed by atoms with van der Waals surface area (Å²) in [5.74, 6) is 1.93. The maximum Gasteiger partial charge on any atom is 0.239 e. The Balaban J connectivity index is 1.53. The number of carbonyl (C=O) groups is 2. The highest BCUT2D eigenvalue weighted by Crippen LogP contribution is 2.22. The Kier molecular flexibility index (Phi) is 6.97. The van der Waals surface area contributed by atoms with Crippen LogP contribution in [0.4, 0.5) is 5.69 Å². The predicted molar refractivity (Wildman–Crippen MR) is 110 cm³/mol. The number of rotatable bonds is 6. The van der Waals surface area contributed by atoms with E-state index in [4.69, 9.17) is 5.14 Å². The van der Waals surface area contributed by atoms with Gasteiger partial charge in [0.1, 0.15) is 0 Å². The number of likely N-dealkylation sites (tertiary alicyclic amines) is 1. The number of benzene rings is 1. The second-order valence-electron chi connectivity index (χ2n) is 7.00. The lowest BCUT2D eigenvalue weighted by atomic mass is 10.2. The summed E-state index contributed by atoms with van der Waals surface area (Å²) in [5.41, 5.74) is 0.386. The zero-order valence-corrected chi connectivity index (χ0v) is 17.3. The van der Waals surface area contributed by atoms with E-state index < -0.39 is 10.0 Å². The number of nitrogens with zero attached hydrogens (tertiary/aromatic N) is 2. The molecule has 0 radical (unpaired) electrons. The molecule has 28 heavy (non-hydrogen) atoms. The van der Waals surface area contributed by atoms with Gasteiger partial charge in [-0.15, -0.1) is 0 Å². The zero-order chi connectivity index (χ0) is 20.1. The van der Waals surface area contributed by atoms with Crippen LogP contribution in [0, 0.1) is 0 Å². The smallest absolute Gasteiger partial charge is 0.239 e. The minimum Gasteiger partial charge on any atom is -0.340 e. The number of primary sulfonamides is 1. The van der Waals surface area contributed by atoms with Crippen molar-refractivity contribution in [1.29, 1.82) is 0 Å². The van der Waals surface area contributed by atoms with Gasteiger partial charge >= 0.3 is 0 Å². The average molecular weight is 427 g/mol. The molecule has 2 heterocycles. The van der Waals surface area contributed by atoms with Gasteiger partial charge in [-0.05, 0) is 37.6 Å². The molecule has 10 heteroatoms. The molecule has 3 rings (SSSR count). The minimum atomic E-state index is -3.82. The van der Waals surface area contributed by atoms with Crippen molar-refractivity contribution in [3.8, 4) is 0 Å². The number of amides is 2. The number of sulfonamides is 1. The molecule has 2 amide bonds. The Morgan fingerprint density at radius 2 is 1.96 bits per heavy atom. The van der Waals surface area contributed by atoms with Crippen molar-refractivity contribution in [2.24, 2.45) is 5.14 Å². The molecule has 0 bridgehead atoms. The van der Waals surface area contributed by atoms with Gasteiger partial charge in [0, 0.05) is 43.2 Å². The Morgan fingerprint density at radius 1 is 1.21 bits per heavy atom. The standard InChI is InChI=1S/C18H26N4O4S2/c19-28(25,26)15-4-1-3-14(13-15)20-17(23)6-8-21-7-2-5-16(21)18(24)22-9-11-27-12-10-22/h1,3-4,13,16H,2,5-12H2,(H,20,23)(H2,19,25,26). The molecular formula is C18H26N4O4S2. The molecule has 8 nitrogen and oxygen atoms in total. The van der Waals surface area contributed by atoms with Gasteiger partial charge in [0.05, 0.1) is 10.9 Å². The highest BCUT2D eigenvalue weighted by atomic mass is 32.2. The first-order valence-electron chi connectivity index (χ1n) is 9.38. The number of hydrogen-bond acceptors (Lipinski definition) is 6. The van der Waals surface area contributed by atoms with Crippen molar-refractivity contribution in [3.05, 3.63) is 24.3 Å². The third-order valence-electron chi connectivity index (χ3n) is 5.04. The van der Waals surface area contributed by atoms with Crippen LogP contribution in [0.2, 0.25) is 0 Å². The predicted octanol–water partition coefficient (Wildman–Crippen LogP) is 0.702. The first-order chi connectivity index (χ1) is 13.3. The Bertz CT molecular complexity index is 825. The highest BCUT2D eigenvalue weighted by Gasteiger charge is 2.34. The van der Waals surface area contributed by atoms with Gasteiger partial charge in [-0.25, -0.2) is 13.6 Å². The third kappa shape index (κ3) is 5.47. The van der Waals surface area contributed by atoms with Crippen LogP contribution < -0.4 is 10.5 Å². The summed E-state index contributed by atoms with van der Waals surface area (Å²) in [6, 6.07) is 5.72. The largest absolute Gasteiger partial charge is 0.340 e. The fourth-order valence-electron chi connectivity index (χ4n) is 3.59. The number of nitrogens with one attached hydrogen (secondary N) is 1. The fourth-order valence-corrected chi connectivity index (χ4v) is 5.05. The van der Waals surface area contributed by atoms with E-state index in [2.05, 4.69) is 10.2 Å². The Labute approximate surface area is 169 Å². The van der Waals surface area contributed by atoms with Gasteiger partial charge in [-0.1, -0.05) is 6.07 Å². The summed E-state index contributed by atoms with van der Waals surface area (Å²) in [6.07, 6.45) is 2.02. The molecule has 1 atom stereocenters. The van der Waals surface area contributed by atoms with Crippen LogP contribution in [0.25, 0.3) is 0 Å². The number of thioether (sulfide) groups is 1. The van der Waals surface area contributed by atoms with Gasteiger partial charge in [-0.2, -0.15) is 11.8 Å². The second-order valence-corrected chi connectivity index (χ2v) is 9.79. The van der Waals surface area contributed by atoms with Crippen LogP contribution >= 0.6 is 11.8 Å². The molecule has 1 unspecified atom stereocenters. The van der Waals surface area contributed by atoms with Crippen LogP contribution in [-0.4, -0.2) is 73.8 Å². The van der Waals surface area contributed by atoms with Crippen LogP contribution in [-0.2, 0) is 19.6 Å². The maximum atomic E-state index is 12.8. The van der Waals surface area contributed by atoms with E-state index in [1.807, 2.05) is 16.7 Å². The lowest BCUT2D eigenvalue weighted by molar-refractivity contribution is -0.136. The molecule has 2 aliphatic heterocycles. The molecule has 2 aliphatic rings. The van der Waals surface area contributed by atoms with Gasteiger partial charge in [0.2, 0.25) is 21.8 Å². The molecule has 2 saturated heterocycles. The van der Waals surface area contributed by atoms with E-state index in [-0.39, 0.29) is 29.2 Å². The van der Waals surface area contributed by atoms with Crippen molar-refractivity contribution in [3.63, 3.8) is 0 Å². The topological polar surface area (TPSA) is 113 Å². The Hall–Kier alpha value is -1.62. The molecule has 0 spiro atoms. The molecule has 154 valence electrons. The van der Waals surface area contributed by atoms with Crippen LogP contribution in [0.3, 0.4) is 0 Å². The van der Waals surface area contributed by atoms with Crippen molar-refractivity contribution < 1.29 is 18.0 Å². The molecule has 0 aromatic heterocycles. The molecule has 2 fully saturated rings. The fraction of sp³-hybridized carbons (Fsp3) is 0.556.